The summed E-state index contributed by atoms with van der Waals surface area (Å²) in [5, 5.41) is 21.1. The number of carboxylic acids is 2. The maximum Gasteiger partial charge on any atom is 1.00 e. The predicted octanol–water partition coefficient (Wildman–Crippen LogP) is -2.75. The van der Waals surface area contributed by atoms with Crippen LogP contribution in [0.2, 0.25) is 0 Å². The van der Waals surface area contributed by atoms with Crippen LogP contribution in [0.1, 0.15) is 110 Å². The summed E-state index contributed by atoms with van der Waals surface area (Å²) < 4.78 is 0. The zero-order valence-corrected chi connectivity index (χ0v) is 22.9. The summed E-state index contributed by atoms with van der Waals surface area (Å²) >= 11 is 0. The standard InChI is InChI=1S/C22H38O5.2Na/c1-2-3-4-5-6-7-8-9-10-11-12-13-14-15-16-17-20(23)19(22(26)27)18-21(24)25;;/h18H,2-17H2,1H3,(H,24,25)(H,26,27);;/q;2*+1/p-2. The van der Waals surface area contributed by atoms with Gasteiger partial charge in [-0.15, -0.1) is 0 Å². The maximum atomic E-state index is 11.7. The van der Waals surface area contributed by atoms with E-state index in [-0.39, 0.29) is 65.5 Å². The summed E-state index contributed by atoms with van der Waals surface area (Å²) in [7, 11) is 0. The third kappa shape index (κ3) is 22.9. The van der Waals surface area contributed by atoms with Crippen molar-refractivity contribution in [3.05, 3.63) is 11.6 Å². The molecule has 0 unspecified atom stereocenters. The average Bonchev–Trinajstić information content (AvgIpc) is 2.62. The molecule has 0 aliphatic heterocycles. The van der Waals surface area contributed by atoms with Gasteiger partial charge in [-0.2, -0.15) is 0 Å². The van der Waals surface area contributed by atoms with E-state index in [0.717, 1.165) is 19.3 Å². The summed E-state index contributed by atoms with van der Waals surface area (Å²) in [4.78, 5) is 32.8. The fraction of sp³-hybridized carbons (Fsp3) is 0.773. The van der Waals surface area contributed by atoms with Gasteiger partial charge in [0.15, 0.2) is 5.78 Å². The minimum Gasteiger partial charge on any atom is -0.545 e. The van der Waals surface area contributed by atoms with Crippen LogP contribution >= 0.6 is 0 Å². The topological polar surface area (TPSA) is 97.3 Å². The van der Waals surface area contributed by atoms with Gasteiger partial charge in [-0.3, -0.25) is 4.79 Å². The molecular formula is C22H36Na2O5. The van der Waals surface area contributed by atoms with Gasteiger partial charge in [0, 0.05) is 12.0 Å². The zero-order chi connectivity index (χ0) is 20.3. The van der Waals surface area contributed by atoms with Gasteiger partial charge in [-0.25, -0.2) is 0 Å². The third-order valence-electron chi connectivity index (χ3n) is 4.79. The molecule has 0 aromatic carbocycles. The van der Waals surface area contributed by atoms with E-state index in [1.165, 1.54) is 70.6 Å². The first-order chi connectivity index (χ1) is 13.0. The van der Waals surface area contributed by atoms with Crippen molar-refractivity contribution < 1.29 is 83.7 Å². The van der Waals surface area contributed by atoms with Crippen molar-refractivity contribution >= 4 is 17.7 Å². The second-order valence-corrected chi connectivity index (χ2v) is 7.29. The fourth-order valence-electron chi connectivity index (χ4n) is 3.16. The molecule has 29 heavy (non-hydrogen) atoms. The minimum absolute atomic E-state index is 0. The largest absolute Gasteiger partial charge is 1.00 e. The summed E-state index contributed by atoms with van der Waals surface area (Å²) in [5.74, 6) is -4.15. The Morgan fingerprint density at radius 1 is 0.621 bits per heavy atom. The Balaban J connectivity index is -0.00000338. The van der Waals surface area contributed by atoms with E-state index in [1.807, 2.05) is 0 Å². The molecule has 0 bridgehead atoms. The van der Waals surface area contributed by atoms with Gasteiger partial charge in [0.1, 0.15) is 0 Å². The van der Waals surface area contributed by atoms with Crippen molar-refractivity contribution in [3.63, 3.8) is 0 Å². The summed E-state index contributed by atoms with van der Waals surface area (Å²) in [5.41, 5.74) is -0.805. The van der Waals surface area contributed by atoms with Crippen LogP contribution in [0.25, 0.3) is 0 Å². The van der Waals surface area contributed by atoms with Crippen LogP contribution in [0.4, 0.5) is 0 Å². The van der Waals surface area contributed by atoms with Crippen molar-refractivity contribution in [1.82, 2.24) is 0 Å². The van der Waals surface area contributed by atoms with E-state index < -0.39 is 23.3 Å². The van der Waals surface area contributed by atoms with Gasteiger partial charge in [-0.1, -0.05) is 96.8 Å². The van der Waals surface area contributed by atoms with Gasteiger partial charge < -0.3 is 19.8 Å². The van der Waals surface area contributed by atoms with Crippen molar-refractivity contribution in [1.29, 1.82) is 0 Å². The van der Waals surface area contributed by atoms with Gasteiger partial charge in [0.2, 0.25) is 0 Å². The van der Waals surface area contributed by atoms with Crippen LogP contribution in [0.5, 0.6) is 0 Å². The molecule has 0 aliphatic rings. The van der Waals surface area contributed by atoms with Crippen LogP contribution in [-0.4, -0.2) is 17.7 Å². The molecule has 0 aliphatic carbocycles. The molecule has 0 saturated carbocycles. The smallest absolute Gasteiger partial charge is 0.545 e. The number of hydrogen-bond donors (Lipinski definition) is 0. The van der Waals surface area contributed by atoms with Crippen molar-refractivity contribution in [2.45, 2.75) is 110 Å². The molecular weight excluding hydrogens is 390 g/mol. The zero-order valence-electron chi connectivity index (χ0n) is 18.9. The van der Waals surface area contributed by atoms with Crippen molar-refractivity contribution in [2.24, 2.45) is 0 Å². The van der Waals surface area contributed by atoms with E-state index in [4.69, 9.17) is 0 Å². The third-order valence-corrected chi connectivity index (χ3v) is 4.79. The van der Waals surface area contributed by atoms with Crippen LogP contribution < -0.4 is 69.3 Å². The van der Waals surface area contributed by atoms with Crippen LogP contribution in [0.3, 0.4) is 0 Å². The number of Topliss-reactive ketones (excluding diaryl/α,β-unsaturated/α-hetero) is 1. The first kappa shape index (κ1) is 34.0. The summed E-state index contributed by atoms with van der Waals surface area (Å²) in [6.07, 6.45) is 18.4. The van der Waals surface area contributed by atoms with Gasteiger partial charge in [0.05, 0.1) is 11.9 Å². The summed E-state index contributed by atoms with van der Waals surface area (Å²) in [6.45, 7) is 2.24. The SMILES string of the molecule is CCCCCCCCCCCCCCCCCC(=O)C(=CC(=O)[O-])C(=O)[O-].[Na+].[Na+]. The molecule has 0 radical (unpaired) electrons. The van der Waals surface area contributed by atoms with E-state index in [9.17, 15) is 24.6 Å². The number of carbonyl (C=O) groups excluding carboxylic acids is 3. The maximum absolute atomic E-state index is 11.7. The molecule has 0 N–H and O–H groups in total. The number of carboxylic acid groups (broad SMARTS) is 2. The van der Waals surface area contributed by atoms with E-state index in [0.29, 0.717) is 12.5 Å². The Morgan fingerprint density at radius 3 is 1.28 bits per heavy atom. The number of rotatable bonds is 19. The molecule has 0 spiro atoms. The Hall–Kier alpha value is 0.350. The molecule has 0 rings (SSSR count). The molecule has 0 fully saturated rings. The van der Waals surface area contributed by atoms with Crippen LogP contribution in [0, 0.1) is 0 Å². The Morgan fingerprint density at radius 2 is 0.966 bits per heavy atom. The van der Waals surface area contributed by atoms with E-state index in [1.54, 1.807) is 0 Å². The van der Waals surface area contributed by atoms with Crippen molar-refractivity contribution in [3.8, 4) is 0 Å². The Kier molecular flexibility index (Phi) is 28.8. The summed E-state index contributed by atoms with van der Waals surface area (Å²) in [6, 6.07) is 0. The number of hydrogen-bond acceptors (Lipinski definition) is 5. The number of aliphatic carboxylic acids is 2. The van der Waals surface area contributed by atoms with Gasteiger partial charge in [0.25, 0.3) is 0 Å². The molecule has 0 atom stereocenters. The number of unbranched alkanes of at least 4 members (excludes halogenated alkanes) is 14. The predicted molar refractivity (Wildman–Crippen MR) is 103 cm³/mol. The fourth-order valence-corrected chi connectivity index (χ4v) is 3.16. The Labute approximate surface area is 221 Å². The number of ketones is 1. The second kappa shape index (κ2) is 24.6. The van der Waals surface area contributed by atoms with E-state index in [2.05, 4.69) is 6.92 Å². The monoisotopic (exact) mass is 426 g/mol. The molecule has 156 valence electrons. The van der Waals surface area contributed by atoms with Crippen molar-refractivity contribution in [2.75, 3.05) is 0 Å². The van der Waals surface area contributed by atoms with E-state index >= 15 is 0 Å². The molecule has 5 nitrogen and oxygen atoms in total. The first-order valence-corrected chi connectivity index (χ1v) is 10.7. The first-order valence-electron chi connectivity index (χ1n) is 10.7. The quantitative estimate of drug-likeness (QED) is 0.0734. The average molecular weight is 427 g/mol. The molecule has 7 heteroatoms. The van der Waals surface area contributed by atoms with Gasteiger partial charge >= 0.3 is 59.1 Å². The van der Waals surface area contributed by atoms with Crippen LogP contribution in [-0.2, 0) is 14.4 Å². The molecule has 0 amide bonds. The Bertz CT molecular complexity index is 464. The molecule has 0 heterocycles. The minimum atomic E-state index is -1.76. The normalized spacial score (nSPS) is 10.7. The van der Waals surface area contributed by atoms with Gasteiger partial charge in [-0.05, 0) is 12.5 Å². The second-order valence-electron chi connectivity index (χ2n) is 7.29. The molecule has 0 aromatic rings. The molecule has 0 aromatic heterocycles. The van der Waals surface area contributed by atoms with Crippen LogP contribution in [0.15, 0.2) is 11.6 Å². The number of carbonyl (C=O) groups is 3. The molecule has 0 saturated heterocycles.